The standard InChI is InChI=1S/C25H29N7O4S/c1-29(2)12-13-30(3)20-15-22(36-4)18(14-21(20)32(33)34)27-25-26-11-10-24(28-25)31-16-23(37(5)35)17-8-6-7-9-19(17)31/h6-11,14-16H,12-13H2,1-5H3,(H,26,27,28). The van der Waals surface area contributed by atoms with Crippen LogP contribution >= 0.6 is 0 Å². The molecular formula is C25H29N7O4S. The van der Waals surface area contributed by atoms with Gasteiger partial charge in [-0.15, -0.1) is 0 Å². The topological polar surface area (TPSA) is 125 Å². The number of hydrogen-bond acceptors (Lipinski definition) is 9. The molecule has 37 heavy (non-hydrogen) atoms. The molecule has 1 unspecified atom stereocenters. The summed E-state index contributed by atoms with van der Waals surface area (Å²) < 4.78 is 19.7. The third-order valence-electron chi connectivity index (χ3n) is 5.91. The van der Waals surface area contributed by atoms with Gasteiger partial charge in [0.05, 0.1) is 34.8 Å². The van der Waals surface area contributed by atoms with Crippen molar-refractivity contribution in [2.75, 3.05) is 57.8 Å². The number of fused-ring (bicyclic) bond motifs is 1. The summed E-state index contributed by atoms with van der Waals surface area (Å²) in [6, 6.07) is 12.5. The number of nitro benzene ring substituents is 1. The molecule has 0 aliphatic rings. The van der Waals surface area contributed by atoms with Gasteiger partial charge in [-0.25, -0.2) is 4.98 Å². The van der Waals surface area contributed by atoms with Crippen LogP contribution < -0.4 is 15.0 Å². The molecule has 4 aromatic rings. The van der Waals surface area contributed by atoms with Crippen LogP contribution in [0.5, 0.6) is 5.75 Å². The minimum Gasteiger partial charge on any atom is -0.612 e. The first-order valence-electron chi connectivity index (χ1n) is 11.5. The molecule has 0 fully saturated rings. The molecule has 1 atom stereocenters. The van der Waals surface area contributed by atoms with Gasteiger partial charge in [-0.3, -0.25) is 14.7 Å². The predicted molar refractivity (Wildman–Crippen MR) is 146 cm³/mol. The SMILES string of the molecule is COc1cc(N(C)CCN(C)C)c([N+](=O)[O-])cc1Nc1nccc(-n2cc([S+](C)[O-])c3ccccc32)n1. The lowest BCUT2D eigenvalue weighted by Gasteiger charge is -2.22. The molecule has 2 heterocycles. The van der Waals surface area contributed by atoms with Gasteiger partial charge in [-0.05, 0) is 43.5 Å². The largest absolute Gasteiger partial charge is 0.612 e. The zero-order chi connectivity index (χ0) is 26.7. The molecule has 11 nitrogen and oxygen atoms in total. The number of benzene rings is 2. The molecule has 0 aliphatic heterocycles. The van der Waals surface area contributed by atoms with Gasteiger partial charge in [0.1, 0.15) is 23.5 Å². The van der Waals surface area contributed by atoms with Crippen molar-refractivity contribution in [1.82, 2.24) is 19.4 Å². The molecular weight excluding hydrogens is 494 g/mol. The van der Waals surface area contributed by atoms with E-state index in [-0.39, 0.29) is 11.6 Å². The first-order valence-corrected chi connectivity index (χ1v) is 13.0. The summed E-state index contributed by atoms with van der Waals surface area (Å²) in [5.74, 6) is 1.20. The number of anilines is 3. The summed E-state index contributed by atoms with van der Waals surface area (Å²) in [5.41, 5.74) is 1.61. The van der Waals surface area contributed by atoms with Gasteiger partial charge in [0.25, 0.3) is 5.69 Å². The van der Waals surface area contributed by atoms with Crippen LogP contribution in [0, 0.1) is 10.1 Å². The molecule has 0 saturated carbocycles. The third-order valence-corrected chi connectivity index (χ3v) is 6.85. The first-order chi connectivity index (χ1) is 17.7. The highest BCUT2D eigenvalue weighted by molar-refractivity contribution is 7.91. The highest BCUT2D eigenvalue weighted by Crippen LogP contribution is 2.39. The summed E-state index contributed by atoms with van der Waals surface area (Å²) in [7, 11) is 7.21. The van der Waals surface area contributed by atoms with Crippen LogP contribution in [0.3, 0.4) is 0 Å². The zero-order valence-electron chi connectivity index (χ0n) is 21.3. The van der Waals surface area contributed by atoms with Crippen molar-refractivity contribution in [3.63, 3.8) is 0 Å². The van der Waals surface area contributed by atoms with Crippen LogP contribution in [0.1, 0.15) is 0 Å². The minimum absolute atomic E-state index is 0.0628. The van der Waals surface area contributed by atoms with E-state index in [4.69, 9.17) is 4.74 Å². The summed E-state index contributed by atoms with van der Waals surface area (Å²) in [5, 5.41) is 15.9. The molecule has 2 aromatic heterocycles. The van der Waals surface area contributed by atoms with E-state index >= 15 is 0 Å². The second kappa shape index (κ2) is 11.0. The van der Waals surface area contributed by atoms with E-state index in [1.54, 1.807) is 30.8 Å². The van der Waals surface area contributed by atoms with Crippen molar-refractivity contribution in [2.45, 2.75) is 4.90 Å². The lowest BCUT2D eigenvalue weighted by Crippen LogP contribution is -2.28. The number of nitrogens with one attached hydrogen (secondary N) is 1. The molecule has 4 rings (SSSR count). The number of para-hydroxylation sites is 1. The van der Waals surface area contributed by atoms with Crippen molar-refractivity contribution >= 4 is 45.1 Å². The Balaban J connectivity index is 1.71. The maximum absolute atomic E-state index is 12.3. The number of ether oxygens (including phenoxy) is 1. The Hall–Kier alpha value is -3.87. The third kappa shape index (κ3) is 5.61. The molecule has 0 amide bonds. The minimum atomic E-state index is -1.18. The maximum atomic E-state index is 12.3. The normalized spacial score (nSPS) is 12.1. The summed E-state index contributed by atoms with van der Waals surface area (Å²) >= 11 is -1.18. The van der Waals surface area contributed by atoms with E-state index in [9.17, 15) is 14.7 Å². The van der Waals surface area contributed by atoms with Gasteiger partial charge in [-0.1, -0.05) is 12.1 Å². The second-order valence-corrected chi connectivity index (χ2v) is 10.1. The van der Waals surface area contributed by atoms with Crippen LogP contribution in [-0.4, -0.2) is 76.5 Å². The van der Waals surface area contributed by atoms with Crippen molar-refractivity contribution < 1.29 is 14.2 Å². The molecule has 0 radical (unpaired) electrons. The summed E-state index contributed by atoms with van der Waals surface area (Å²) in [6.07, 6.45) is 5.03. The van der Waals surface area contributed by atoms with Gasteiger partial charge >= 0.3 is 0 Å². The molecule has 0 bridgehead atoms. The molecule has 0 saturated heterocycles. The Kier molecular flexibility index (Phi) is 7.81. The number of rotatable bonds is 10. The number of aromatic nitrogens is 3. The van der Waals surface area contributed by atoms with Gasteiger partial charge in [0.2, 0.25) is 5.95 Å². The molecule has 0 spiro atoms. The fourth-order valence-corrected chi connectivity index (χ4v) is 4.71. The van der Waals surface area contributed by atoms with Gasteiger partial charge in [-0.2, -0.15) is 4.98 Å². The Morgan fingerprint density at radius 1 is 1.16 bits per heavy atom. The number of hydrogen-bond donors (Lipinski definition) is 1. The predicted octanol–water partition coefficient (Wildman–Crippen LogP) is 3.82. The second-order valence-electron chi connectivity index (χ2n) is 8.72. The van der Waals surface area contributed by atoms with E-state index in [1.165, 1.54) is 13.2 Å². The maximum Gasteiger partial charge on any atom is 0.294 e. The van der Waals surface area contributed by atoms with Crippen molar-refractivity contribution in [1.29, 1.82) is 0 Å². The van der Waals surface area contributed by atoms with E-state index in [0.29, 0.717) is 34.4 Å². The van der Waals surface area contributed by atoms with Gasteiger partial charge in [0.15, 0.2) is 4.90 Å². The summed E-state index contributed by atoms with van der Waals surface area (Å²) in [4.78, 5) is 25.0. The average molecular weight is 524 g/mol. The monoisotopic (exact) mass is 523 g/mol. The van der Waals surface area contributed by atoms with Crippen LogP contribution in [0.25, 0.3) is 16.7 Å². The zero-order valence-corrected chi connectivity index (χ0v) is 22.2. The van der Waals surface area contributed by atoms with E-state index < -0.39 is 16.1 Å². The van der Waals surface area contributed by atoms with Crippen LogP contribution in [0.15, 0.2) is 59.8 Å². The lowest BCUT2D eigenvalue weighted by molar-refractivity contribution is -0.384. The van der Waals surface area contributed by atoms with E-state index in [0.717, 1.165) is 17.4 Å². The average Bonchev–Trinajstić information content (AvgIpc) is 3.27. The first kappa shape index (κ1) is 26.2. The fourth-order valence-electron chi connectivity index (χ4n) is 3.98. The highest BCUT2D eigenvalue weighted by Gasteiger charge is 2.23. The highest BCUT2D eigenvalue weighted by atomic mass is 32.2. The molecule has 1 N–H and O–H groups in total. The molecule has 12 heteroatoms. The summed E-state index contributed by atoms with van der Waals surface area (Å²) in [6.45, 7) is 1.34. The number of likely N-dealkylation sites (N-methyl/N-ethyl adjacent to an activating group) is 2. The molecule has 2 aromatic carbocycles. The van der Waals surface area contributed by atoms with Gasteiger partial charge in [0, 0.05) is 38.5 Å². The van der Waals surface area contributed by atoms with E-state index in [1.807, 2.05) is 59.8 Å². The number of methoxy groups -OCH3 is 1. The quantitative estimate of drug-likeness (QED) is 0.188. The van der Waals surface area contributed by atoms with Crippen LogP contribution in [-0.2, 0) is 11.2 Å². The Morgan fingerprint density at radius 2 is 1.92 bits per heavy atom. The van der Waals surface area contributed by atoms with Crippen LogP contribution in [0.2, 0.25) is 0 Å². The smallest absolute Gasteiger partial charge is 0.294 e. The Bertz CT molecular complexity index is 1420. The van der Waals surface area contributed by atoms with E-state index in [2.05, 4.69) is 15.3 Å². The van der Waals surface area contributed by atoms with Crippen LogP contribution in [0.4, 0.5) is 23.0 Å². The van der Waals surface area contributed by atoms with Gasteiger partial charge < -0.3 is 24.4 Å². The Labute approximate surface area is 218 Å². The van der Waals surface area contributed by atoms with Crippen molar-refractivity contribution in [3.8, 4) is 11.6 Å². The lowest BCUT2D eigenvalue weighted by atomic mass is 10.2. The van der Waals surface area contributed by atoms with Crippen molar-refractivity contribution in [3.05, 3.63) is 65.0 Å². The molecule has 0 aliphatic carbocycles. The Morgan fingerprint density at radius 3 is 2.59 bits per heavy atom. The van der Waals surface area contributed by atoms with Crippen molar-refractivity contribution in [2.24, 2.45) is 0 Å². The number of nitrogens with zero attached hydrogens (tertiary/aromatic N) is 6. The fraction of sp³-hybridized carbons (Fsp3) is 0.280. The molecule has 194 valence electrons. The number of nitro groups is 1.